The summed E-state index contributed by atoms with van der Waals surface area (Å²) in [6.07, 6.45) is 4.80. The molecule has 0 aliphatic heterocycles. The van der Waals surface area contributed by atoms with E-state index in [1.54, 1.807) is 4.90 Å². The van der Waals surface area contributed by atoms with Crippen LogP contribution in [0.4, 0.5) is 0 Å². The molecule has 1 atom stereocenters. The number of amides is 2. The van der Waals surface area contributed by atoms with Crippen molar-refractivity contribution in [2.75, 3.05) is 46.0 Å². The number of hydrogen-bond acceptors (Lipinski definition) is 4. The first kappa shape index (κ1) is 24.9. The molecule has 0 N–H and O–H groups in total. The van der Waals surface area contributed by atoms with Crippen LogP contribution in [-0.2, 0) is 19.1 Å². The predicted molar refractivity (Wildman–Crippen MR) is 105 cm³/mol. The van der Waals surface area contributed by atoms with Crippen molar-refractivity contribution in [3.63, 3.8) is 0 Å². The minimum Gasteiger partial charge on any atom is -0.369 e. The number of ether oxygens (including phenoxy) is 2. The van der Waals surface area contributed by atoms with Crippen molar-refractivity contribution in [3.8, 4) is 0 Å². The van der Waals surface area contributed by atoms with Gasteiger partial charge in [-0.25, -0.2) is 0 Å². The van der Waals surface area contributed by atoms with Gasteiger partial charge in [0.1, 0.15) is 12.7 Å². The van der Waals surface area contributed by atoms with E-state index < -0.39 is 6.10 Å². The van der Waals surface area contributed by atoms with Gasteiger partial charge in [-0.15, -0.1) is 0 Å². The molecule has 0 aromatic rings. The van der Waals surface area contributed by atoms with Crippen molar-refractivity contribution in [3.05, 3.63) is 0 Å². The molecular formula is C20H40N2O4. The highest BCUT2D eigenvalue weighted by Gasteiger charge is 2.23. The monoisotopic (exact) mass is 372 g/mol. The first-order valence-corrected chi connectivity index (χ1v) is 10.3. The zero-order chi connectivity index (χ0) is 19.8. The molecule has 2 amide bonds. The second-order valence-corrected chi connectivity index (χ2v) is 6.34. The minimum absolute atomic E-state index is 0.00895. The summed E-state index contributed by atoms with van der Waals surface area (Å²) in [6, 6.07) is 0. The van der Waals surface area contributed by atoms with E-state index in [2.05, 4.69) is 6.92 Å². The third-order valence-corrected chi connectivity index (χ3v) is 4.56. The van der Waals surface area contributed by atoms with E-state index in [0.717, 1.165) is 19.3 Å². The Bertz CT molecular complexity index is 369. The molecule has 0 saturated heterocycles. The van der Waals surface area contributed by atoms with Crippen LogP contribution in [0.15, 0.2) is 0 Å². The highest BCUT2D eigenvalue weighted by molar-refractivity contribution is 5.80. The minimum atomic E-state index is -0.408. The molecule has 0 bridgehead atoms. The molecule has 0 aliphatic rings. The fourth-order valence-corrected chi connectivity index (χ4v) is 2.85. The Kier molecular flexibility index (Phi) is 15.4. The van der Waals surface area contributed by atoms with Gasteiger partial charge < -0.3 is 19.3 Å². The van der Waals surface area contributed by atoms with Gasteiger partial charge >= 0.3 is 0 Å². The van der Waals surface area contributed by atoms with Crippen molar-refractivity contribution in [1.82, 2.24) is 9.80 Å². The number of rotatable bonds is 16. The van der Waals surface area contributed by atoms with Gasteiger partial charge in [-0.3, -0.25) is 9.59 Å². The molecule has 154 valence electrons. The summed E-state index contributed by atoms with van der Waals surface area (Å²) >= 11 is 0. The Morgan fingerprint density at radius 3 is 1.96 bits per heavy atom. The summed E-state index contributed by atoms with van der Waals surface area (Å²) in [7, 11) is 0. The first-order chi connectivity index (χ1) is 12.5. The average molecular weight is 373 g/mol. The largest absolute Gasteiger partial charge is 0.369 e. The van der Waals surface area contributed by atoms with Gasteiger partial charge in [0.05, 0.1) is 13.2 Å². The highest BCUT2D eigenvalue weighted by Crippen LogP contribution is 2.11. The molecule has 0 aromatic carbocycles. The van der Waals surface area contributed by atoms with Crippen molar-refractivity contribution in [2.24, 2.45) is 0 Å². The van der Waals surface area contributed by atoms with Crippen molar-refractivity contribution >= 4 is 11.8 Å². The summed E-state index contributed by atoms with van der Waals surface area (Å²) in [6.45, 7) is 13.5. The molecule has 6 heteroatoms. The molecule has 0 heterocycles. The Morgan fingerprint density at radius 2 is 1.42 bits per heavy atom. The van der Waals surface area contributed by atoms with Gasteiger partial charge in [0.2, 0.25) is 5.91 Å². The van der Waals surface area contributed by atoms with Crippen LogP contribution in [-0.4, -0.2) is 73.7 Å². The van der Waals surface area contributed by atoms with Crippen LogP contribution in [0.1, 0.15) is 66.7 Å². The third kappa shape index (κ3) is 10.1. The molecule has 0 radical (unpaired) electrons. The summed E-state index contributed by atoms with van der Waals surface area (Å²) in [4.78, 5) is 28.0. The van der Waals surface area contributed by atoms with Crippen LogP contribution in [0.3, 0.4) is 0 Å². The molecule has 6 nitrogen and oxygen atoms in total. The van der Waals surface area contributed by atoms with Crippen molar-refractivity contribution in [2.45, 2.75) is 72.8 Å². The summed E-state index contributed by atoms with van der Waals surface area (Å²) in [5.41, 5.74) is 0. The fraction of sp³-hybridized carbons (Fsp3) is 0.900. The number of carbonyl (C=O) groups is 2. The van der Waals surface area contributed by atoms with Crippen LogP contribution in [0.5, 0.6) is 0 Å². The highest BCUT2D eigenvalue weighted by atomic mass is 16.5. The van der Waals surface area contributed by atoms with E-state index in [4.69, 9.17) is 9.47 Å². The second-order valence-electron chi connectivity index (χ2n) is 6.34. The van der Waals surface area contributed by atoms with Crippen LogP contribution in [0, 0.1) is 0 Å². The lowest BCUT2D eigenvalue weighted by molar-refractivity contribution is -0.146. The fourth-order valence-electron chi connectivity index (χ4n) is 2.85. The van der Waals surface area contributed by atoms with Crippen LogP contribution in [0.2, 0.25) is 0 Å². The lowest BCUT2D eigenvalue weighted by Crippen LogP contribution is -2.41. The molecule has 0 aromatic heterocycles. The van der Waals surface area contributed by atoms with Crippen LogP contribution in [0.25, 0.3) is 0 Å². The molecule has 1 unspecified atom stereocenters. The van der Waals surface area contributed by atoms with Gasteiger partial charge in [0, 0.05) is 26.2 Å². The number of hydrogen-bond donors (Lipinski definition) is 0. The summed E-state index contributed by atoms with van der Waals surface area (Å²) in [5, 5.41) is 0. The van der Waals surface area contributed by atoms with Crippen molar-refractivity contribution < 1.29 is 19.1 Å². The molecule has 0 spiro atoms. The Morgan fingerprint density at radius 1 is 0.808 bits per heavy atom. The zero-order valence-corrected chi connectivity index (χ0v) is 17.6. The van der Waals surface area contributed by atoms with Crippen LogP contribution < -0.4 is 0 Å². The topological polar surface area (TPSA) is 59.1 Å². The summed E-state index contributed by atoms with van der Waals surface area (Å²) < 4.78 is 11.2. The van der Waals surface area contributed by atoms with E-state index in [9.17, 15) is 9.59 Å². The standard InChI is InChI=1S/C20H40N2O4/c1-6-11-12-13-14-18(20(24)22(9-4)10-5)26-16-15-25-17-19(23)21(7-2)8-3/h18H,6-17H2,1-5H3. The molecule has 0 fully saturated rings. The molecule has 26 heavy (non-hydrogen) atoms. The third-order valence-electron chi connectivity index (χ3n) is 4.56. The Labute approximate surface area is 160 Å². The first-order valence-electron chi connectivity index (χ1n) is 10.3. The Hall–Kier alpha value is -1.14. The maximum Gasteiger partial charge on any atom is 0.251 e. The van der Waals surface area contributed by atoms with Gasteiger partial charge in [-0.05, 0) is 34.1 Å². The lowest BCUT2D eigenvalue weighted by atomic mass is 10.1. The van der Waals surface area contributed by atoms with E-state index in [1.807, 2.05) is 32.6 Å². The molecule has 0 saturated carbocycles. The number of likely N-dealkylation sites (N-methyl/N-ethyl adjacent to an activating group) is 2. The van der Waals surface area contributed by atoms with E-state index in [-0.39, 0.29) is 18.4 Å². The average Bonchev–Trinajstić information content (AvgIpc) is 2.65. The van der Waals surface area contributed by atoms with Crippen LogP contribution >= 0.6 is 0 Å². The molecule has 0 aliphatic carbocycles. The molecule has 0 rings (SSSR count). The zero-order valence-electron chi connectivity index (χ0n) is 17.6. The second kappa shape index (κ2) is 16.1. The maximum atomic E-state index is 12.6. The van der Waals surface area contributed by atoms with E-state index >= 15 is 0 Å². The van der Waals surface area contributed by atoms with Gasteiger partial charge in [0.25, 0.3) is 5.91 Å². The van der Waals surface area contributed by atoms with Gasteiger partial charge in [0.15, 0.2) is 0 Å². The van der Waals surface area contributed by atoms with E-state index in [1.165, 1.54) is 12.8 Å². The quantitative estimate of drug-likeness (QED) is 0.391. The summed E-state index contributed by atoms with van der Waals surface area (Å²) in [5.74, 6) is 0.0519. The number of unbranched alkanes of at least 4 members (excludes halogenated alkanes) is 3. The van der Waals surface area contributed by atoms with Gasteiger partial charge in [-0.1, -0.05) is 32.6 Å². The SMILES string of the molecule is CCCCCCC(OCCOCC(=O)N(CC)CC)C(=O)N(CC)CC. The molecular weight excluding hydrogens is 332 g/mol. The van der Waals surface area contributed by atoms with Gasteiger partial charge in [-0.2, -0.15) is 0 Å². The number of carbonyl (C=O) groups excluding carboxylic acids is 2. The lowest BCUT2D eigenvalue weighted by Gasteiger charge is -2.25. The normalized spacial score (nSPS) is 12.0. The predicted octanol–water partition coefficient (Wildman–Crippen LogP) is 3.10. The Balaban J connectivity index is 4.32. The van der Waals surface area contributed by atoms with E-state index in [0.29, 0.717) is 39.4 Å². The van der Waals surface area contributed by atoms with Crippen molar-refractivity contribution in [1.29, 1.82) is 0 Å². The number of nitrogens with zero attached hydrogens (tertiary/aromatic N) is 2. The maximum absolute atomic E-state index is 12.6. The smallest absolute Gasteiger partial charge is 0.251 e.